The first-order chi connectivity index (χ1) is 13.0. The van der Waals surface area contributed by atoms with Crippen LogP contribution in [0, 0.1) is 6.92 Å². The molecule has 0 saturated carbocycles. The number of benzene rings is 1. The van der Waals surface area contributed by atoms with Crippen LogP contribution in [0.3, 0.4) is 0 Å². The van der Waals surface area contributed by atoms with E-state index in [4.69, 9.17) is 4.74 Å². The van der Waals surface area contributed by atoms with Crippen molar-refractivity contribution in [2.75, 3.05) is 13.7 Å². The van der Waals surface area contributed by atoms with Crippen LogP contribution in [-0.4, -0.2) is 31.4 Å². The summed E-state index contributed by atoms with van der Waals surface area (Å²) in [7, 11) is -2.07. The number of thiophene rings is 1. The van der Waals surface area contributed by atoms with Gasteiger partial charge in [-0.15, -0.1) is 11.3 Å². The molecule has 0 fully saturated rings. The average molecular weight is 403 g/mol. The molecule has 0 saturated heterocycles. The van der Waals surface area contributed by atoms with Crippen LogP contribution < -0.4 is 4.74 Å². The van der Waals surface area contributed by atoms with E-state index in [9.17, 15) is 8.42 Å². The van der Waals surface area contributed by atoms with Crippen molar-refractivity contribution in [3.63, 3.8) is 0 Å². The lowest BCUT2D eigenvalue weighted by molar-refractivity contribution is 0.406. The summed E-state index contributed by atoms with van der Waals surface area (Å²) in [5.74, 6) is 0.673. The molecule has 0 aliphatic rings. The van der Waals surface area contributed by atoms with Gasteiger partial charge < -0.3 is 4.74 Å². The molecule has 0 unspecified atom stereocenters. The van der Waals surface area contributed by atoms with Crippen LogP contribution in [0.1, 0.15) is 16.0 Å². The zero-order valence-corrected chi connectivity index (χ0v) is 17.0. The number of hydrogen-bond donors (Lipinski definition) is 0. The highest BCUT2D eigenvalue weighted by Crippen LogP contribution is 2.25. The zero-order chi connectivity index (χ0) is 19.3. The molecule has 1 aromatic carbocycles. The fraction of sp³-hybridized carbons (Fsp3) is 0.250. The first-order valence-corrected chi connectivity index (χ1v) is 10.9. The van der Waals surface area contributed by atoms with Gasteiger partial charge in [0.05, 0.1) is 12.0 Å². The lowest BCUT2D eigenvalue weighted by Gasteiger charge is -2.22. The van der Waals surface area contributed by atoms with Gasteiger partial charge >= 0.3 is 0 Å². The SMILES string of the molecule is COc1ccc(S(=O)(=O)N(CCc2cccs2)Cc2cccnc2)cc1C. The van der Waals surface area contributed by atoms with Crippen molar-refractivity contribution in [3.05, 3.63) is 76.2 Å². The molecule has 0 atom stereocenters. The highest BCUT2D eigenvalue weighted by atomic mass is 32.2. The van der Waals surface area contributed by atoms with Gasteiger partial charge in [-0.3, -0.25) is 4.98 Å². The van der Waals surface area contributed by atoms with Gasteiger partial charge in [0, 0.05) is 30.4 Å². The number of aryl methyl sites for hydroxylation is 1. The summed E-state index contributed by atoms with van der Waals surface area (Å²) in [6.45, 7) is 2.53. The fourth-order valence-electron chi connectivity index (χ4n) is 2.83. The van der Waals surface area contributed by atoms with Crippen LogP contribution in [0.25, 0.3) is 0 Å². The van der Waals surface area contributed by atoms with E-state index >= 15 is 0 Å². The third-order valence-electron chi connectivity index (χ3n) is 4.27. The Labute approximate surface area is 164 Å². The molecule has 5 nitrogen and oxygen atoms in total. The van der Waals surface area contributed by atoms with Gasteiger partial charge in [0.1, 0.15) is 5.75 Å². The monoisotopic (exact) mass is 402 g/mol. The van der Waals surface area contributed by atoms with E-state index < -0.39 is 10.0 Å². The second-order valence-corrected chi connectivity index (χ2v) is 9.13. The highest BCUT2D eigenvalue weighted by molar-refractivity contribution is 7.89. The van der Waals surface area contributed by atoms with E-state index in [0.717, 1.165) is 16.0 Å². The molecule has 2 heterocycles. The molecular weight excluding hydrogens is 380 g/mol. The number of aromatic nitrogens is 1. The van der Waals surface area contributed by atoms with Crippen molar-refractivity contribution < 1.29 is 13.2 Å². The Bertz CT molecular complexity index is 972. The van der Waals surface area contributed by atoms with E-state index in [1.807, 2.05) is 36.6 Å². The summed E-state index contributed by atoms with van der Waals surface area (Å²) >= 11 is 1.63. The van der Waals surface area contributed by atoms with Gasteiger partial charge in [-0.2, -0.15) is 4.31 Å². The van der Waals surface area contributed by atoms with Gasteiger partial charge in [-0.05, 0) is 60.2 Å². The number of hydrogen-bond acceptors (Lipinski definition) is 5. The number of rotatable bonds is 8. The predicted molar refractivity (Wildman–Crippen MR) is 108 cm³/mol. The highest BCUT2D eigenvalue weighted by Gasteiger charge is 2.25. The van der Waals surface area contributed by atoms with Crippen LogP contribution in [0.15, 0.2) is 65.1 Å². The molecule has 0 radical (unpaired) electrons. The Kier molecular flexibility index (Phi) is 6.26. The van der Waals surface area contributed by atoms with E-state index in [2.05, 4.69) is 4.98 Å². The predicted octanol–water partition coefficient (Wildman–Crippen LogP) is 3.89. The average Bonchev–Trinajstić information content (AvgIpc) is 3.19. The largest absolute Gasteiger partial charge is 0.496 e. The van der Waals surface area contributed by atoms with Gasteiger partial charge in [0.15, 0.2) is 0 Å². The van der Waals surface area contributed by atoms with Crippen molar-refractivity contribution >= 4 is 21.4 Å². The van der Waals surface area contributed by atoms with Gasteiger partial charge in [0.25, 0.3) is 0 Å². The summed E-state index contributed by atoms with van der Waals surface area (Å²) in [6.07, 6.45) is 4.06. The van der Waals surface area contributed by atoms with Crippen LogP contribution in [0.4, 0.5) is 0 Å². The van der Waals surface area contributed by atoms with E-state index in [-0.39, 0.29) is 11.4 Å². The Hall–Kier alpha value is -2.22. The normalized spacial score (nSPS) is 11.7. The molecule has 0 aliphatic carbocycles. The maximum atomic E-state index is 13.3. The summed E-state index contributed by atoms with van der Waals surface area (Å²) in [5, 5.41) is 2.00. The third kappa shape index (κ3) is 4.74. The summed E-state index contributed by atoms with van der Waals surface area (Å²) in [5.41, 5.74) is 1.65. The Morgan fingerprint density at radius 1 is 1.19 bits per heavy atom. The molecule has 0 spiro atoms. The lowest BCUT2D eigenvalue weighted by atomic mass is 10.2. The number of methoxy groups -OCH3 is 1. The van der Waals surface area contributed by atoms with E-state index in [1.54, 1.807) is 49.0 Å². The number of pyridine rings is 1. The minimum atomic E-state index is -3.65. The molecule has 142 valence electrons. The molecule has 0 N–H and O–H groups in total. The summed E-state index contributed by atoms with van der Waals surface area (Å²) in [6, 6.07) is 12.7. The van der Waals surface area contributed by atoms with Gasteiger partial charge in [-0.1, -0.05) is 12.1 Å². The van der Waals surface area contributed by atoms with E-state index in [1.165, 1.54) is 4.31 Å². The quantitative estimate of drug-likeness (QED) is 0.573. The Morgan fingerprint density at radius 3 is 2.67 bits per heavy atom. The van der Waals surface area contributed by atoms with Crippen molar-refractivity contribution in [3.8, 4) is 5.75 Å². The third-order valence-corrected chi connectivity index (χ3v) is 7.05. The second kappa shape index (κ2) is 8.65. The molecule has 3 rings (SSSR count). The first-order valence-electron chi connectivity index (χ1n) is 8.57. The van der Waals surface area contributed by atoms with Crippen LogP contribution in [0.2, 0.25) is 0 Å². The maximum absolute atomic E-state index is 13.3. The Balaban J connectivity index is 1.90. The minimum Gasteiger partial charge on any atom is -0.496 e. The lowest BCUT2D eigenvalue weighted by Crippen LogP contribution is -2.32. The molecule has 27 heavy (non-hydrogen) atoms. The van der Waals surface area contributed by atoms with Crippen LogP contribution in [-0.2, 0) is 23.0 Å². The molecule has 7 heteroatoms. The maximum Gasteiger partial charge on any atom is 0.243 e. The fourth-order valence-corrected chi connectivity index (χ4v) is 5.04. The van der Waals surface area contributed by atoms with Crippen LogP contribution in [0.5, 0.6) is 5.75 Å². The van der Waals surface area contributed by atoms with Crippen LogP contribution >= 0.6 is 11.3 Å². The topological polar surface area (TPSA) is 59.5 Å². The number of sulfonamides is 1. The number of ether oxygens (including phenoxy) is 1. The molecule has 3 aromatic rings. The van der Waals surface area contributed by atoms with E-state index in [0.29, 0.717) is 18.7 Å². The number of nitrogens with zero attached hydrogens (tertiary/aromatic N) is 2. The molecular formula is C20H22N2O3S2. The molecule has 0 aliphatic heterocycles. The first kappa shape index (κ1) is 19.5. The van der Waals surface area contributed by atoms with Crippen molar-refractivity contribution in [2.45, 2.75) is 24.8 Å². The smallest absolute Gasteiger partial charge is 0.243 e. The summed E-state index contributed by atoms with van der Waals surface area (Å²) < 4.78 is 33.4. The zero-order valence-electron chi connectivity index (χ0n) is 15.3. The molecule has 2 aromatic heterocycles. The van der Waals surface area contributed by atoms with Crippen molar-refractivity contribution in [2.24, 2.45) is 0 Å². The Morgan fingerprint density at radius 2 is 2.04 bits per heavy atom. The van der Waals surface area contributed by atoms with Crippen molar-refractivity contribution in [1.82, 2.24) is 9.29 Å². The molecule has 0 amide bonds. The minimum absolute atomic E-state index is 0.274. The van der Waals surface area contributed by atoms with Crippen molar-refractivity contribution in [1.29, 1.82) is 0 Å². The van der Waals surface area contributed by atoms with Gasteiger partial charge in [0.2, 0.25) is 10.0 Å². The van der Waals surface area contributed by atoms with Gasteiger partial charge in [-0.25, -0.2) is 8.42 Å². The second-order valence-electron chi connectivity index (χ2n) is 6.16. The molecule has 0 bridgehead atoms. The summed E-state index contributed by atoms with van der Waals surface area (Å²) in [4.78, 5) is 5.54. The standard InChI is InChI=1S/C20H22N2O3S2/c1-16-13-19(7-8-20(16)25-2)27(23,24)22(11-9-18-6-4-12-26-18)15-17-5-3-10-21-14-17/h3-8,10,12-14H,9,11,15H2,1-2H3.